The average Bonchev–Trinajstić information content (AvgIpc) is 3.25. The summed E-state index contributed by atoms with van der Waals surface area (Å²) in [7, 11) is -1.06. The molecule has 0 N–H and O–H groups in total. The van der Waals surface area contributed by atoms with Gasteiger partial charge in [0.2, 0.25) is 0 Å². The van der Waals surface area contributed by atoms with Crippen molar-refractivity contribution >= 4 is 36.7 Å². The van der Waals surface area contributed by atoms with Gasteiger partial charge in [0, 0.05) is 5.92 Å². The number of fused-ring (bicyclic) bond motifs is 3. The molecule has 2 aromatic rings. The Morgan fingerprint density at radius 3 is 2.45 bits per heavy atom. The maximum absolute atomic E-state index is 2.48. The fraction of sp³-hybridized carbons (Fsp3) is 0.250. The number of allylic oxidation sites excluding steroid dienone is 7. The van der Waals surface area contributed by atoms with Gasteiger partial charge in [-0.05, 0) is 16.7 Å². The van der Waals surface area contributed by atoms with Gasteiger partial charge in [-0.3, -0.25) is 0 Å². The third kappa shape index (κ3) is 3.46. The molecule has 147 valence electrons. The smallest absolute Gasteiger partial charge is 1.00 e. The predicted molar refractivity (Wildman–Crippen MR) is 118 cm³/mol. The van der Waals surface area contributed by atoms with Crippen molar-refractivity contribution in [3.05, 3.63) is 85.5 Å². The Morgan fingerprint density at radius 2 is 1.69 bits per heavy atom. The summed E-state index contributed by atoms with van der Waals surface area (Å²) in [6.07, 6.45) is 7.08. The molecular formula is C24H23Cl2SSiZr. The van der Waals surface area contributed by atoms with E-state index in [0.717, 1.165) is 5.92 Å². The number of benzene rings is 2. The topological polar surface area (TPSA) is 0 Å². The third-order valence-corrected chi connectivity index (χ3v) is 13.6. The van der Waals surface area contributed by atoms with Crippen LogP contribution in [0.3, 0.4) is 0 Å². The van der Waals surface area contributed by atoms with Crippen LogP contribution in [-0.4, -0.2) is 8.07 Å². The standard InChI is InChI=1S/C14H11.C10H12SSi.2ClH.Zr/c1-10-8-12-7-6-11-4-2-3-5-13(11)14(12)9-10;1-6-10-9-7(11-6)4-5-8(9)12(10,2)3;;;/h2-9H,1H3;4-5,9H,1-3H3;2*1H;/q;;;;+2/p-2. The third-order valence-electron chi connectivity index (χ3n) is 6.50. The molecule has 0 saturated carbocycles. The minimum Gasteiger partial charge on any atom is -1.00 e. The van der Waals surface area contributed by atoms with Crippen molar-refractivity contribution in [1.29, 1.82) is 0 Å². The molecule has 2 atom stereocenters. The van der Waals surface area contributed by atoms with Crippen molar-refractivity contribution < 1.29 is 49.5 Å². The van der Waals surface area contributed by atoms with Crippen LogP contribution in [0.5, 0.6) is 0 Å². The van der Waals surface area contributed by atoms with Crippen molar-refractivity contribution in [3.63, 3.8) is 0 Å². The molecule has 4 aliphatic rings. The first-order valence-corrected chi connectivity index (χ1v) is 14.9. The van der Waals surface area contributed by atoms with Gasteiger partial charge in [0.1, 0.15) is 8.07 Å². The average molecular weight is 534 g/mol. The number of hydrogen-bond acceptors (Lipinski definition) is 1. The van der Waals surface area contributed by atoms with Gasteiger partial charge in [-0.2, -0.15) is 0 Å². The Kier molecular flexibility index (Phi) is 6.70. The van der Waals surface area contributed by atoms with E-state index in [4.69, 9.17) is 0 Å². The Bertz CT molecular complexity index is 1130. The second kappa shape index (κ2) is 8.32. The number of hydrogen-bond donors (Lipinski definition) is 0. The van der Waals surface area contributed by atoms with Gasteiger partial charge in [0.05, 0.1) is 0 Å². The molecule has 2 unspecified atom stereocenters. The van der Waals surface area contributed by atoms with Crippen molar-refractivity contribution in [3.8, 4) is 0 Å². The summed E-state index contributed by atoms with van der Waals surface area (Å²) in [4.78, 5) is 3.21. The van der Waals surface area contributed by atoms with E-state index in [-0.39, 0.29) is 24.8 Å². The summed E-state index contributed by atoms with van der Waals surface area (Å²) in [5.74, 6) is 0.789. The van der Waals surface area contributed by atoms with Crippen molar-refractivity contribution in [1.82, 2.24) is 0 Å². The van der Waals surface area contributed by atoms with Crippen molar-refractivity contribution in [2.45, 2.75) is 30.6 Å². The normalized spacial score (nSPS) is 24.1. The van der Waals surface area contributed by atoms with Crippen LogP contribution in [0.1, 0.15) is 28.6 Å². The van der Waals surface area contributed by atoms with Gasteiger partial charge in [0.25, 0.3) is 0 Å². The summed E-state index contributed by atoms with van der Waals surface area (Å²) < 4.78 is 0.678. The largest absolute Gasteiger partial charge is 1.00 e. The molecule has 0 bridgehead atoms. The zero-order valence-electron chi connectivity index (χ0n) is 17.0. The van der Waals surface area contributed by atoms with Gasteiger partial charge in [0.15, 0.2) is 0 Å². The van der Waals surface area contributed by atoms with E-state index in [0.29, 0.717) is 3.63 Å². The maximum atomic E-state index is 2.48. The molecular weight excluding hydrogens is 511 g/mol. The fourth-order valence-electron chi connectivity index (χ4n) is 5.07. The second-order valence-corrected chi connectivity index (χ2v) is 15.5. The van der Waals surface area contributed by atoms with Crippen LogP contribution < -0.4 is 24.8 Å². The van der Waals surface area contributed by atoms with Gasteiger partial charge in [-0.1, -0.05) is 47.4 Å². The molecule has 0 radical (unpaired) electrons. The van der Waals surface area contributed by atoms with Crippen LogP contribution in [0, 0.1) is 5.92 Å². The minimum absolute atomic E-state index is 0. The molecule has 6 rings (SSSR count). The molecule has 2 aromatic carbocycles. The molecule has 1 fully saturated rings. The zero-order chi connectivity index (χ0) is 18.9. The van der Waals surface area contributed by atoms with E-state index < -0.39 is 8.07 Å². The SMILES string of the molecule is CC1=C2C3C(=CC=C3[Si]2(C)C)S1.CC1=Cc2c(ccc3ccccc23)[CH]1[Zr+2].[Cl-].[Cl-]. The van der Waals surface area contributed by atoms with E-state index in [1.165, 1.54) is 27.5 Å². The van der Waals surface area contributed by atoms with Gasteiger partial charge >= 0.3 is 105 Å². The van der Waals surface area contributed by atoms with E-state index in [1.807, 2.05) is 17.0 Å². The van der Waals surface area contributed by atoms with E-state index in [9.17, 15) is 0 Å². The van der Waals surface area contributed by atoms with E-state index in [1.54, 1.807) is 39.7 Å². The Balaban J connectivity index is 0.000000158. The quantitative estimate of drug-likeness (QED) is 0.458. The molecule has 0 amide bonds. The van der Waals surface area contributed by atoms with Crippen LogP contribution in [0.4, 0.5) is 0 Å². The second-order valence-electron chi connectivity index (χ2n) is 8.43. The molecule has 1 saturated heterocycles. The maximum Gasteiger partial charge on any atom is -1.00 e. The van der Waals surface area contributed by atoms with Gasteiger partial charge < -0.3 is 24.8 Å². The van der Waals surface area contributed by atoms with E-state index >= 15 is 0 Å². The molecule has 2 aliphatic carbocycles. The van der Waals surface area contributed by atoms with Crippen LogP contribution in [0.15, 0.2) is 74.3 Å². The van der Waals surface area contributed by atoms with E-state index in [2.05, 4.69) is 81.6 Å². The molecule has 0 nitrogen and oxygen atoms in total. The fourth-order valence-corrected chi connectivity index (χ4v) is 11.6. The monoisotopic (exact) mass is 531 g/mol. The first-order chi connectivity index (χ1) is 12.9. The Hall–Kier alpha value is -0.310. The number of rotatable bonds is 0. The summed E-state index contributed by atoms with van der Waals surface area (Å²) in [6.45, 7) is 9.51. The summed E-state index contributed by atoms with van der Waals surface area (Å²) in [5.41, 5.74) is 4.48. The predicted octanol–water partition coefficient (Wildman–Crippen LogP) is 1.10. The summed E-state index contributed by atoms with van der Waals surface area (Å²) in [5, 5.41) is 6.35. The number of thioether (sulfide) groups is 1. The Labute approximate surface area is 206 Å². The van der Waals surface area contributed by atoms with Crippen molar-refractivity contribution in [2.75, 3.05) is 0 Å². The van der Waals surface area contributed by atoms with Crippen LogP contribution in [0.25, 0.3) is 16.8 Å². The van der Waals surface area contributed by atoms with Crippen LogP contribution in [-0.2, 0) is 24.7 Å². The van der Waals surface area contributed by atoms with Crippen LogP contribution in [0.2, 0.25) is 13.1 Å². The summed E-state index contributed by atoms with van der Waals surface area (Å²) in [6, 6.07) is 13.2. The first kappa shape index (κ1) is 23.4. The Morgan fingerprint density at radius 1 is 0.966 bits per heavy atom. The molecule has 0 aromatic heterocycles. The first-order valence-electron chi connectivity index (χ1n) is 9.62. The van der Waals surface area contributed by atoms with Crippen LogP contribution >= 0.6 is 11.8 Å². The molecule has 29 heavy (non-hydrogen) atoms. The number of halogens is 2. The van der Waals surface area contributed by atoms with Crippen molar-refractivity contribution in [2.24, 2.45) is 5.92 Å². The molecule has 0 spiro atoms. The summed E-state index contributed by atoms with van der Waals surface area (Å²) >= 11 is 3.61. The van der Waals surface area contributed by atoms with Gasteiger partial charge in [-0.15, -0.1) is 0 Å². The van der Waals surface area contributed by atoms with Gasteiger partial charge in [-0.25, -0.2) is 0 Å². The molecule has 2 heterocycles. The molecule has 5 heteroatoms. The minimum atomic E-state index is -1.06. The zero-order valence-corrected chi connectivity index (χ0v) is 22.8. The molecule has 2 aliphatic heterocycles.